The van der Waals surface area contributed by atoms with Gasteiger partial charge in [-0.05, 0) is 30.7 Å². The molecular formula is C19H23NO5. The van der Waals surface area contributed by atoms with Crippen LogP contribution in [0, 0.1) is 0 Å². The minimum absolute atomic E-state index is 0.165. The molecule has 2 aromatic carbocycles. The number of hydrogen-bond acceptors (Lipinski definition) is 5. The summed E-state index contributed by atoms with van der Waals surface area (Å²) in [6, 6.07) is 13.9. The van der Waals surface area contributed by atoms with E-state index in [1.165, 1.54) is 7.11 Å². The summed E-state index contributed by atoms with van der Waals surface area (Å²) in [4.78, 5) is 11.9. The molecule has 0 fully saturated rings. The second-order valence-corrected chi connectivity index (χ2v) is 5.55. The molecule has 0 spiro atoms. The smallest absolute Gasteiger partial charge is 0.407 e. The highest BCUT2D eigenvalue weighted by Gasteiger charge is 2.23. The molecule has 0 aliphatic rings. The fourth-order valence-corrected chi connectivity index (χ4v) is 2.37. The van der Waals surface area contributed by atoms with Crippen molar-refractivity contribution in [1.29, 1.82) is 0 Å². The Morgan fingerprint density at radius 1 is 1.12 bits per heavy atom. The first kappa shape index (κ1) is 18.6. The first-order valence-electron chi connectivity index (χ1n) is 7.92. The Morgan fingerprint density at radius 2 is 1.84 bits per heavy atom. The van der Waals surface area contributed by atoms with Crippen LogP contribution >= 0.6 is 0 Å². The number of aliphatic hydroxyl groups excluding tert-OH is 1. The molecule has 6 nitrogen and oxygen atoms in total. The number of nitrogens with one attached hydrogen (secondary N) is 1. The van der Waals surface area contributed by atoms with Gasteiger partial charge in [0.1, 0.15) is 24.2 Å². The van der Waals surface area contributed by atoms with Gasteiger partial charge in [0.15, 0.2) is 0 Å². The van der Waals surface area contributed by atoms with E-state index in [4.69, 9.17) is 14.2 Å². The quantitative estimate of drug-likeness (QED) is 0.806. The summed E-state index contributed by atoms with van der Waals surface area (Å²) in [6.45, 7) is 1.85. The van der Waals surface area contributed by atoms with Crippen LogP contribution in [-0.4, -0.2) is 31.5 Å². The second-order valence-electron chi connectivity index (χ2n) is 5.55. The molecule has 2 N–H and O–H groups in total. The van der Waals surface area contributed by atoms with Gasteiger partial charge in [-0.15, -0.1) is 0 Å². The number of alkyl carbamates (subject to hydrolysis) is 1. The average molecular weight is 345 g/mol. The van der Waals surface area contributed by atoms with Crippen molar-refractivity contribution in [3.8, 4) is 11.5 Å². The molecule has 0 aromatic heterocycles. The molecule has 2 unspecified atom stereocenters. The lowest BCUT2D eigenvalue weighted by Gasteiger charge is -2.22. The highest BCUT2D eigenvalue weighted by Crippen LogP contribution is 2.31. The van der Waals surface area contributed by atoms with Gasteiger partial charge < -0.3 is 24.6 Å². The van der Waals surface area contributed by atoms with Crippen molar-refractivity contribution >= 4 is 6.09 Å². The Labute approximate surface area is 147 Å². The first-order chi connectivity index (χ1) is 12.0. The molecule has 2 aromatic rings. The summed E-state index contributed by atoms with van der Waals surface area (Å²) in [5, 5.41) is 13.2. The third kappa shape index (κ3) is 5.12. The third-order valence-electron chi connectivity index (χ3n) is 3.79. The van der Waals surface area contributed by atoms with Gasteiger partial charge >= 0.3 is 6.09 Å². The van der Waals surface area contributed by atoms with Crippen LogP contribution in [-0.2, 0) is 11.3 Å². The molecule has 0 saturated carbocycles. The number of ether oxygens (including phenoxy) is 3. The average Bonchev–Trinajstić information content (AvgIpc) is 2.66. The molecule has 0 aliphatic carbocycles. The number of carbonyl (C=O) groups is 1. The topological polar surface area (TPSA) is 77.0 Å². The summed E-state index contributed by atoms with van der Waals surface area (Å²) >= 11 is 0. The van der Waals surface area contributed by atoms with Crippen molar-refractivity contribution in [2.45, 2.75) is 25.7 Å². The molecule has 0 radical (unpaired) electrons. The van der Waals surface area contributed by atoms with Crippen molar-refractivity contribution < 1.29 is 24.1 Å². The zero-order valence-corrected chi connectivity index (χ0v) is 14.6. The Hall–Kier alpha value is -2.73. The van der Waals surface area contributed by atoms with Crippen molar-refractivity contribution in [1.82, 2.24) is 5.32 Å². The monoisotopic (exact) mass is 345 g/mol. The maximum Gasteiger partial charge on any atom is 0.407 e. The highest BCUT2D eigenvalue weighted by molar-refractivity contribution is 5.67. The fourth-order valence-electron chi connectivity index (χ4n) is 2.37. The van der Waals surface area contributed by atoms with Gasteiger partial charge in [-0.25, -0.2) is 4.79 Å². The highest BCUT2D eigenvalue weighted by atomic mass is 16.5. The van der Waals surface area contributed by atoms with E-state index in [0.29, 0.717) is 17.1 Å². The predicted octanol–water partition coefficient (Wildman–Crippen LogP) is 3.05. The molecule has 0 saturated heterocycles. The zero-order chi connectivity index (χ0) is 18.2. The number of amides is 1. The summed E-state index contributed by atoms with van der Waals surface area (Å²) in [5.74, 6) is 1.10. The molecule has 0 bridgehead atoms. The number of methoxy groups -OCH3 is 2. The van der Waals surface area contributed by atoms with E-state index in [1.54, 1.807) is 32.2 Å². The molecule has 2 rings (SSSR count). The summed E-state index contributed by atoms with van der Waals surface area (Å²) in [6.07, 6.45) is -1.58. The maximum absolute atomic E-state index is 11.9. The van der Waals surface area contributed by atoms with E-state index < -0.39 is 18.2 Å². The van der Waals surface area contributed by atoms with Crippen LogP contribution in [0.4, 0.5) is 4.79 Å². The molecular weight excluding hydrogens is 322 g/mol. The molecule has 25 heavy (non-hydrogen) atoms. The largest absolute Gasteiger partial charge is 0.497 e. The third-order valence-corrected chi connectivity index (χ3v) is 3.79. The van der Waals surface area contributed by atoms with Gasteiger partial charge in [0, 0.05) is 5.56 Å². The summed E-state index contributed by atoms with van der Waals surface area (Å²) in [7, 11) is 3.06. The van der Waals surface area contributed by atoms with Crippen molar-refractivity contribution in [3.05, 3.63) is 59.7 Å². The first-order valence-corrected chi connectivity index (χ1v) is 7.92. The Kier molecular flexibility index (Phi) is 6.65. The molecule has 0 heterocycles. The number of hydrogen-bond donors (Lipinski definition) is 2. The van der Waals surface area contributed by atoms with Crippen LogP contribution < -0.4 is 14.8 Å². The normalized spacial score (nSPS) is 12.8. The number of rotatable bonds is 7. The van der Waals surface area contributed by atoms with E-state index in [1.807, 2.05) is 30.3 Å². The van der Waals surface area contributed by atoms with Crippen molar-refractivity contribution in [2.75, 3.05) is 14.2 Å². The molecule has 6 heteroatoms. The van der Waals surface area contributed by atoms with Gasteiger partial charge in [0.05, 0.1) is 20.3 Å². The lowest BCUT2D eigenvalue weighted by Crippen LogP contribution is -2.37. The number of carbonyl (C=O) groups excluding carboxylic acids is 1. The summed E-state index contributed by atoms with van der Waals surface area (Å²) < 4.78 is 15.6. The van der Waals surface area contributed by atoms with Gasteiger partial charge in [-0.3, -0.25) is 0 Å². The van der Waals surface area contributed by atoms with Gasteiger partial charge in [0.25, 0.3) is 0 Å². The molecule has 134 valence electrons. The van der Waals surface area contributed by atoms with Crippen molar-refractivity contribution in [2.24, 2.45) is 0 Å². The lowest BCUT2D eigenvalue weighted by atomic mass is 10.0. The zero-order valence-electron chi connectivity index (χ0n) is 14.6. The predicted molar refractivity (Wildman–Crippen MR) is 93.7 cm³/mol. The Bertz CT molecular complexity index is 689. The van der Waals surface area contributed by atoms with Gasteiger partial charge in [-0.2, -0.15) is 0 Å². The van der Waals surface area contributed by atoms with Crippen LogP contribution in [0.2, 0.25) is 0 Å². The van der Waals surface area contributed by atoms with E-state index in [0.717, 1.165) is 5.56 Å². The number of benzene rings is 2. The van der Waals surface area contributed by atoms with Gasteiger partial charge in [-0.1, -0.05) is 30.3 Å². The van der Waals surface area contributed by atoms with E-state index in [2.05, 4.69) is 5.32 Å². The Balaban J connectivity index is 1.97. The Morgan fingerprint density at radius 3 is 2.48 bits per heavy atom. The number of aliphatic hydroxyl groups is 1. The van der Waals surface area contributed by atoms with E-state index in [9.17, 15) is 9.90 Å². The maximum atomic E-state index is 11.9. The molecule has 0 aliphatic heterocycles. The van der Waals surface area contributed by atoms with Crippen LogP contribution in [0.25, 0.3) is 0 Å². The SMILES string of the molecule is COc1ccc(OC)c(C(O)C(C)NC(=O)OCc2ccccc2)c1. The minimum Gasteiger partial charge on any atom is -0.497 e. The van der Waals surface area contributed by atoms with Gasteiger partial charge in [0.2, 0.25) is 0 Å². The van der Waals surface area contributed by atoms with Crippen LogP contribution in [0.15, 0.2) is 48.5 Å². The standard InChI is InChI=1S/C19H23NO5/c1-13(20-19(22)25-12-14-7-5-4-6-8-14)18(21)16-11-15(23-2)9-10-17(16)24-3/h4-11,13,18,21H,12H2,1-3H3,(H,20,22). The van der Waals surface area contributed by atoms with Crippen molar-refractivity contribution in [3.63, 3.8) is 0 Å². The molecule has 2 atom stereocenters. The minimum atomic E-state index is -0.977. The van der Waals surface area contributed by atoms with Crippen LogP contribution in [0.5, 0.6) is 11.5 Å². The lowest BCUT2D eigenvalue weighted by molar-refractivity contribution is 0.105. The molecule has 1 amide bonds. The van der Waals surface area contributed by atoms with E-state index >= 15 is 0 Å². The second kappa shape index (κ2) is 8.94. The van der Waals surface area contributed by atoms with E-state index in [-0.39, 0.29) is 6.61 Å². The fraction of sp³-hybridized carbons (Fsp3) is 0.316. The van der Waals surface area contributed by atoms with Crippen LogP contribution in [0.3, 0.4) is 0 Å². The van der Waals surface area contributed by atoms with Crippen LogP contribution in [0.1, 0.15) is 24.2 Å². The summed E-state index contributed by atoms with van der Waals surface area (Å²) in [5.41, 5.74) is 1.41.